The van der Waals surface area contributed by atoms with Crippen molar-refractivity contribution in [1.29, 1.82) is 0 Å². The average Bonchev–Trinajstić information content (AvgIpc) is 2.73. The maximum absolute atomic E-state index is 10.0. The van der Waals surface area contributed by atoms with Gasteiger partial charge in [0, 0.05) is 17.3 Å². The van der Waals surface area contributed by atoms with Crippen LogP contribution in [0.2, 0.25) is 0 Å². The highest BCUT2D eigenvalue weighted by Gasteiger charge is 2.39. The fourth-order valence-corrected chi connectivity index (χ4v) is 3.04. The molecule has 0 radical (unpaired) electrons. The molecule has 3 rings (SSSR count). The first-order valence-corrected chi connectivity index (χ1v) is 7.95. The van der Waals surface area contributed by atoms with Crippen molar-refractivity contribution in [2.24, 2.45) is 10.9 Å². The number of aromatic nitrogens is 1. The summed E-state index contributed by atoms with van der Waals surface area (Å²) in [5.74, 6) is 0.638. The molecule has 7 heteroatoms. The molecule has 6 nitrogen and oxygen atoms in total. The van der Waals surface area contributed by atoms with Crippen molar-refractivity contribution in [3.63, 3.8) is 0 Å². The summed E-state index contributed by atoms with van der Waals surface area (Å²) in [5.41, 5.74) is 0. The van der Waals surface area contributed by atoms with Crippen LogP contribution in [0, 0.1) is 10.6 Å². The number of aliphatic hydroxyl groups is 2. The van der Waals surface area contributed by atoms with Gasteiger partial charge in [-0.15, -0.1) is 0 Å². The molecule has 0 amide bonds. The van der Waals surface area contributed by atoms with Crippen molar-refractivity contribution in [3.05, 3.63) is 27.2 Å². The topological polar surface area (TPSA) is 87.0 Å². The first-order chi connectivity index (χ1) is 11.1. The zero-order valence-corrected chi connectivity index (χ0v) is 13.5. The fraction of sp³-hybridized carbons (Fsp3) is 0.438. The highest BCUT2D eigenvalue weighted by molar-refractivity contribution is 7.71. The zero-order valence-electron chi connectivity index (χ0n) is 12.7. The highest BCUT2D eigenvalue weighted by Crippen LogP contribution is 2.28. The van der Waals surface area contributed by atoms with Gasteiger partial charge in [-0.25, -0.2) is 9.98 Å². The van der Waals surface area contributed by atoms with E-state index in [1.54, 1.807) is 18.6 Å². The van der Waals surface area contributed by atoms with Crippen molar-refractivity contribution in [2.75, 3.05) is 11.9 Å². The van der Waals surface area contributed by atoms with Gasteiger partial charge in [-0.05, 0) is 17.7 Å². The molecule has 4 atom stereocenters. The molecule has 1 saturated heterocycles. The van der Waals surface area contributed by atoms with Crippen LogP contribution < -0.4 is 15.8 Å². The predicted molar refractivity (Wildman–Crippen MR) is 90.9 cm³/mol. The Morgan fingerprint density at radius 3 is 2.96 bits per heavy atom. The zero-order chi connectivity index (χ0) is 16.4. The molecule has 2 aliphatic heterocycles. The highest BCUT2D eigenvalue weighted by atomic mass is 32.1. The number of aliphatic hydroxyl groups excluding tert-OH is 2. The van der Waals surface area contributed by atoms with Crippen LogP contribution in [0.5, 0.6) is 0 Å². The van der Waals surface area contributed by atoms with Crippen LogP contribution in [0.25, 0.3) is 12.3 Å². The van der Waals surface area contributed by atoms with Gasteiger partial charge >= 0.3 is 0 Å². The van der Waals surface area contributed by atoms with E-state index in [0.29, 0.717) is 16.9 Å². The van der Waals surface area contributed by atoms with Gasteiger partial charge < -0.3 is 20.3 Å². The third-order valence-corrected chi connectivity index (χ3v) is 4.51. The van der Waals surface area contributed by atoms with Gasteiger partial charge in [0.15, 0.2) is 0 Å². The normalized spacial score (nSPS) is 29.8. The van der Waals surface area contributed by atoms with E-state index in [1.165, 1.54) is 0 Å². The number of nitrogens with zero attached hydrogens (tertiary/aromatic N) is 2. The van der Waals surface area contributed by atoms with Gasteiger partial charge in [0.2, 0.25) is 0 Å². The quantitative estimate of drug-likeness (QED) is 0.672. The summed E-state index contributed by atoms with van der Waals surface area (Å²) in [6.45, 7) is 1.76. The van der Waals surface area contributed by atoms with Crippen LogP contribution >= 0.6 is 12.2 Å². The molecule has 0 aromatic carbocycles. The van der Waals surface area contributed by atoms with E-state index in [0.717, 1.165) is 10.4 Å². The van der Waals surface area contributed by atoms with Crippen molar-refractivity contribution in [2.45, 2.75) is 31.7 Å². The average molecular weight is 333 g/mol. The monoisotopic (exact) mass is 333 g/mol. The molecule has 1 aromatic rings. The Morgan fingerprint density at radius 2 is 2.22 bits per heavy atom. The third-order valence-electron chi connectivity index (χ3n) is 4.28. The summed E-state index contributed by atoms with van der Waals surface area (Å²) in [7, 11) is 0. The van der Waals surface area contributed by atoms with Crippen LogP contribution in [0.3, 0.4) is 0 Å². The van der Waals surface area contributed by atoms with Crippen LogP contribution in [0.1, 0.15) is 13.3 Å². The second-order valence-electron chi connectivity index (χ2n) is 5.74. The van der Waals surface area contributed by atoms with Crippen LogP contribution in [0.15, 0.2) is 17.1 Å². The van der Waals surface area contributed by atoms with Crippen molar-refractivity contribution in [3.8, 4) is 0 Å². The third kappa shape index (κ3) is 3.32. The molecule has 0 unspecified atom stereocenters. The number of anilines is 1. The Kier molecular flexibility index (Phi) is 4.82. The number of rotatable bonds is 3. The summed E-state index contributed by atoms with van der Waals surface area (Å²) >= 11 is 5.17. The van der Waals surface area contributed by atoms with E-state index in [-0.39, 0.29) is 18.6 Å². The lowest BCUT2D eigenvalue weighted by atomic mass is 9.96. The predicted octanol–water partition coefficient (Wildman–Crippen LogP) is -0.0698. The second kappa shape index (κ2) is 6.84. The van der Waals surface area contributed by atoms with E-state index < -0.39 is 12.2 Å². The van der Waals surface area contributed by atoms with Crippen molar-refractivity contribution < 1.29 is 14.9 Å². The van der Waals surface area contributed by atoms with E-state index in [4.69, 9.17) is 17.0 Å². The van der Waals surface area contributed by atoms with Crippen LogP contribution in [-0.2, 0) is 4.74 Å². The molecule has 3 N–H and O–H groups in total. The van der Waals surface area contributed by atoms with E-state index >= 15 is 0 Å². The summed E-state index contributed by atoms with van der Waals surface area (Å²) < 4.78 is 6.22. The maximum Gasteiger partial charge on any atom is 0.142 e. The lowest BCUT2D eigenvalue weighted by Gasteiger charge is -2.13. The molecule has 1 fully saturated rings. The fourth-order valence-electron chi connectivity index (χ4n) is 2.88. The molecule has 0 bridgehead atoms. The maximum atomic E-state index is 10.0. The SMILES string of the molecule is C[C@H]1[C@H](O)[C@@H](CO)O[C@H]1C/C=c1/ccc(=S)nc2c1=CN=CN2. The number of fused-ring (bicyclic) bond motifs is 1. The number of hydrogen-bond acceptors (Lipinski definition) is 7. The minimum Gasteiger partial charge on any atom is -0.394 e. The van der Waals surface area contributed by atoms with Crippen molar-refractivity contribution >= 4 is 36.7 Å². The number of nitrogens with one attached hydrogen (secondary N) is 1. The number of hydrogen-bond donors (Lipinski definition) is 3. The summed E-state index contributed by atoms with van der Waals surface area (Å²) in [6, 6.07) is 3.69. The van der Waals surface area contributed by atoms with Gasteiger partial charge in [-0.2, -0.15) is 0 Å². The minimum absolute atomic E-state index is 0.0375. The van der Waals surface area contributed by atoms with Gasteiger partial charge in [0.05, 0.1) is 25.2 Å². The van der Waals surface area contributed by atoms with E-state index in [1.807, 2.05) is 19.1 Å². The van der Waals surface area contributed by atoms with E-state index in [2.05, 4.69) is 15.3 Å². The number of aliphatic imine (C=N–C) groups is 1. The van der Waals surface area contributed by atoms with Gasteiger partial charge in [-0.1, -0.05) is 31.3 Å². The van der Waals surface area contributed by atoms with Crippen LogP contribution in [-0.4, -0.2) is 46.5 Å². The molecule has 0 aliphatic carbocycles. The minimum atomic E-state index is -0.641. The molecular formula is C16H19N3O3S. The van der Waals surface area contributed by atoms with Crippen molar-refractivity contribution in [1.82, 2.24) is 4.98 Å². The Labute approximate surface area is 138 Å². The summed E-state index contributed by atoms with van der Waals surface area (Å²) in [5, 5.41) is 24.1. The molecule has 0 spiro atoms. The van der Waals surface area contributed by atoms with Gasteiger partial charge in [0.25, 0.3) is 0 Å². The molecule has 3 heterocycles. The van der Waals surface area contributed by atoms with Gasteiger partial charge in [0.1, 0.15) is 16.6 Å². The first-order valence-electron chi connectivity index (χ1n) is 7.54. The molecule has 23 heavy (non-hydrogen) atoms. The van der Waals surface area contributed by atoms with Crippen LogP contribution in [0.4, 0.5) is 5.82 Å². The lowest BCUT2D eigenvalue weighted by Crippen LogP contribution is -2.29. The molecule has 122 valence electrons. The molecule has 2 aliphatic rings. The summed E-state index contributed by atoms with van der Waals surface area (Å²) in [4.78, 5) is 8.44. The van der Waals surface area contributed by atoms with Gasteiger partial charge in [-0.3, -0.25) is 0 Å². The second-order valence-corrected chi connectivity index (χ2v) is 6.16. The smallest absolute Gasteiger partial charge is 0.142 e. The summed E-state index contributed by atoms with van der Waals surface area (Å²) in [6.07, 6.45) is 4.67. The lowest BCUT2D eigenvalue weighted by molar-refractivity contribution is -0.0200. The largest absolute Gasteiger partial charge is 0.394 e. The molecule has 0 saturated carbocycles. The Balaban J connectivity index is 1.95. The molecule has 1 aromatic heterocycles. The Bertz CT molecular complexity index is 796. The Hall–Kier alpha value is -1.67. The standard InChI is InChI=1S/C16H19N3O3S/c1-9-12(22-13(7-20)15(9)21)4-2-10-3-5-14(23)19-16-11(10)6-17-8-18-16/h2-3,5-6,8-9,12-13,15,20-21H,4,7H2,1H3,(H,17,18,19,23)/b10-2-/t9-,12+,13-,15+/m1/s1. The number of ether oxygens (including phenoxy) is 1. The molecular weight excluding hydrogens is 314 g/mol. The van der Waals surface area contributed by atoms with E-state index in [9.17, 15) is 10.2 Å². The first kappa shape index (κ1) is 16.2. The Morgan fingerprint density at radius 1 is 1.39 bits per heavy atom.